The van der Waals surface area contributed by atoms with Gasteiger partial charge in [-0.3, -0.25) is 14.5 Å². The maximum atomic E-state index is 13.3. The third-order valence-electron chi connectivity index (χ3n) is 6.10. The molecular weight excluding hydrogens is 526 g/mol. The number of aliphatic imine (C=N–C) groups is 1. The summed E-state index contributed by atoms with van der Waals surface area (Å²) >= 11 is 1.26. The van der Waals surface area contributed by atoms with Crippen molar-refractivity contribution in [1.82, 2.24) is 4.90 Å². The topological polar surface area (TPSA) is 97.3 Å². The van der Waals surface area contributed by atoms with E-state index in [1.807, 2.05) is 49.4 Å². The first kappa shape index (κ1) is 28.9. The number of nitrogens with zero attached hydrogens (tertiary/aromatic N) is 2. The van der Waals surface area contributed by atoms with Crippen molar-refractivity contribution >= 4 is 46.1 Å². The highest BCUT2D eigenvalue weighted by atomic mass is 32.2. The molecule has 0 saturated carbocycles. The van der Waals surface area contributed by atoms with Crippen molar-refractivity contribution in [3.8, 4) is 5.75 Å². The second-order valence-corrected chi connectivity index (χ2v) is 10.3. The number of hydrogen-bond donors (Lipinski definition) is 1. The van der Waals surface area contributed by atoms with Crippen molar-refractivity contribution in [2.75, 3.05) is 25.1 Å². The fraction of sp³-hybridized carbons (Fsp3) is 0.290. The standard InChI is InChI=1S/C31H33N3O5S/c1-3-20-39-26-16-14-24(15-17-26)32-29(36)27-21-28(35)34(19-18-22-8-6-5-7-9-22)31(40-27)33-25-12-10-23(11-13-25)30(37)38-4-2/h5-17,27H,3-4,18-21H2,1-2H3,(H,32,36)/t27-/m0/s1. The Morgan fingerprint density at radius 3 is 2.40 bits per heavy atom. The number of thioether (sulfide) groups is 1. The minimum atomic E-state index is -0.644. The molecule has 1 fully saturated rings. The van der Waals surface area contributed by atoms with Crippen LogP contribution in [0.2, 0.25) is 0 Å². The number of esters is 1. The van der Waals surface area contributed by atoms with Gasteiger partial charge in [-0.1, -0.05) is 49.0 Å². The summed E-state index contributed by atoms with van der Waals surface area (Å²) in [6.07, 6.45) is 1.62. The number of ether oxygens (including phenoxy) is 2. The van der Waals surface area contributed by atoms with Crippen molar-refractivity contribution in [1.29, 1.82) is 0 Å². The van der Waals surface area contributed by atoms with Crippen LogP contribution in [0.5, 0.6) is 5.75 Å². The molecule has 9 heteroatoms. The number of amidine groups is 1. The largest absolute Gasteiger partial charge is 0.494 e. The number of hydrogen-bond acceptors (Lipinski definition) is 7. The molecule has 0 aliphatic carbocycles. The van der Waals surface area contributed by atoms with E-state index in [2.05, 4.69) is 5.32 Å². The number of nitrogens with one attached hydrogen (secondary N) is 1. The van der Waals surface area contributed by atoms with Crippen LogP contribution in [-0.4, -0.2) is 52.9 Å². The molecular formula is C31H33N3O5S. The average molecular weight is 560 g/mol. The van der Waals surface area contributed by atoms with E-state index in [0.29, 0.717) is 41.7 Å². The molecule has 208 valence electrons. The number of carbonyl (C=O) groups excluding carboxylic acids is 3. The zero-order valence-corrected chi connectivity index (χ0v) is 23.5. The van der Waals surface area contributed by atoms with Crippen molar-refractivity contribution in [2.24, 2.45) is 4.99 Å². The maximum absolute atomic E-state index is 13.3. The van der Waals surface area contributed by atoms with Gasteiger partial charge in [0.1, 0.15) is 11.0 Å². The molecule has 40 heavy (non-hydrogen) atoms. The number of anilines is 1. The van der Waals surface area contributed by atoms with Crippen LogP contribution in [0, 0.1) is 0 Å². The van der Waals surface area contributed by atoms with Crippen LogP contribution in [-0.2, 0) is 20.7 Å². The van der Waals surface area contributed by atoms with E-state index in [9.17, 15) is 14.4 Å². The van der Waals surface area contributed by atoms with E-state index in [4.69, 9.17) is 14.5 Å². The lowest BCUT2D eigenvalue weighted by atomic mass is 10.1. The van der Waals surface area contributed by atoms with Gasteiger partial charge < -0.3 is 14.8 Å². The molecule has 0 radical (unpaired) electrons. The molecule has 4 rings (SSSR count). The second kappa shape index (κ2) is 14.3. The summed E-state index contributed by atoms with van der Waals surface area (Å²) in [4.78, 5) is 44.9. The Morgan fingerprint density at radius 2 is 1.73 bits per heavy atom. The van der Waals surface area contributed by atoms with Gasteiger partial charge in [0, 0.05) is 18.7 Å². The van der Waals surface area contributed by atoms with Gasteiger partial charge in [-0.25, -0.2) is 9.79 Å². The first-order valence-corrected chi connectivity index (χ1v) is 14.2. The van der Waals surface area contributed by atoms with Gasteiger partial charge in [-0.05, 0) is 73.9 Å². The van der Waals surface area contributed by atoms with Gasteiger partial charge in [-0.2, -0.15) is 0 Å². The molecule has 1 aliphatic heterocycles. The van der Waals surface area contributed by atoms with Gasteiger partial charge >= 0.3 is 5.97 Å². The quantitative estimate of drug-likeness (QED) is 0.296. The zero-order valence-electron chi connectivity index (χ0n) is 22.7. The van der Waals surface area contributed by atoms with Gasteiger partial charge in [0.2, 0.25) is 11.8 Å². The van der Waals surface area contributed by atoms with Crippen molar-refractivity contribution < 1.29 is 23.9 Å². The molecule has 0 bridgehead atoms. The van der Waals surface area contributed by atoms with Crippen LogP contribution in [0.4, 0.5) is 11.4 Å². The molecule has 1 atom stereocenters. The summed E-state index contributed by atoms with van der Waals surface area (Å²) < 4.78 is 10.7. The lowest BCUT2D eigenvalue weighted by Crippen LogP contribution is -2.46. The summed E-state index contributed by atoms with van der Waals surface area (Å²) in [5, 5.41) is 2.71. The molecule has 3 aromatic rings. The van der Waals surface area contributed by atoms with E-state index in [1.54, 1.807) is 48.2 Å². The molecule has 0 spiro atoms. The minimum absolute atomic E-state index is 0.0593. The highest BCUT2D eigenvalue weighted by Crippen LogP contribution is 2.30. The predicted octanol–water partition coefficient (Wildman–Crippen LogP) is 5.86. The van der Waals surface area contributed by atoms with Crippen LogP contribution in [0.3, 0.4) is 0 Å². The van der Waals surface area contributed by atoms with Crippen LogP contribution in [0.15, 0.2) is 83.9 Å². The van der Waals surface area contributed by atoms with E-state index in [0.717, 1.165) is 17.7 Å². The number of rotatable bonds is 11. The highest BCUT2D eigenvalue weighted by Gasteiger charge is 2.35. The Hall–Kier alpha value is -4.11. The second-order valence-electron chi connectivity index (χ2n) is 9.12. The van der Waals surface area contributed by atoms with E-state index >= 15 is 0 Å². The lowest BCUT2D eigenvalue weighted by molar-refractivity contribution is -0.129. The zero-order chi connectivity index (χ0) is 28.3. The SMILES string of the molecule is CCCOc1ccc(NC(=O)[C@@H]2CC(=O)N(CCc3ccccc3)C(=Nc3ccc(C(=O)OCC)cc3)S2)cc1. The summed E-state index contributed by atoms with van der Waals surface area (Å²) in [7, 11) is 0. The molecule has 8 nitrogen and oxygen atoms in total. The molecule has 0 aromatic heterocycles. The van der Waals surface area contributed by atoms with E-state index in [1.165, 1.54) is 11.8 Å². The first-order valence-electron chi connectivity index (χ1n) is 13.4. The normalized spacial score (nSPS) is 16.1. The number of amides is 2. The van der Waals surface area contributed by atoms with E-state index in [-0.39, 0.29) is 24.8 Å². The minimum Gasteiger partial charge on any atom is -0.494 e. The molecule has 1 N–H and O–H groups in total. The molecule has 1 saturated heterocycles. The average Bonchev–Trinajstić information content (AvgIpc) is 2.97. The van der Waals surface area contributed by atoms with Gasteiger partial charge in [0.25, 0.3) is 0 Å². The number of carbonyl (C=O) groups is 3. The fourth-order valence-electron chi connectivity index (χ4n) is 4.02. The van der Waals surface area contributed by atoms with E-state index < -0.39 is 11.2 Å². The van der Waals surface area contributed by atoms with Crippen LogP contribution >= 0.6 is 11.8 Å². The Bertz CT molecular complexity index is 1330. The number of benzene rings is 3. The maximum Gasteiger partial charge on any atom is 0.338 e. The van der Waals surface area contributed by atoms with Gasteiger partial charge in [0.05, 0.1) is 24.5 Å². The summed E-state index contributed by atoms with van der Waals surface area (Å²) in [5.41, 5.74) is 2.71. The summed E-state index contributed by atoms with van der Waals surface area (Å²) in [6, 6.07) is 23.8. The van der Waals surface area contributed by atoms with Crippen LogP contribution in [0.25, 0.3) is 0 Å². The molecule has 2 amide bonds. The van der Waals surface area contributed by atoms with Crippen molar-refractivity contribution in [2.45, 2.75) is 38.4 Å². The summed E-state index contributed by atoms with van der Waals surface area (Å²) in [5.74, 6) is -0.108. The Kier molecular flexibility index (Phi) is 10.3. The van der Waals surface area contributed by atoms with Crippen molar-refractivity contribution in [3.63, 3.8) is 0 Å². The third-order valence-corrected chi connectivity index (χ3v) is 7.28. The third kappa shape index (κ3) is 7.95. The Balaban J connectivity index is 1.51. The smallest absolute Gasteiger partial charge is 0.338 e. The molecule has 1 heterocycles. The van der Waals surface area contributed by atoms with Gasteiger partial charge in [-0.15, -0.1) is 0 Å². The lowest BCUT2D eigenvalue weighted by Gasteiger charge is -2.32. The van der Waals surface area contributed by atoms with Crippen LogP contribution < -0.4 is 10.1 Å². The molecule has 3 aromatic carbocycles. The fourth-order valence-corrected chi connectivity index (χ4v) is 5.15. The predicted molar refractivity (Wildman–Crippen MR) is 158 cm³/mol. The van der Waals surface area contributed by atoms with Crippen LogP contribution in [0.1, 0.15) is 42.6 Å². The van der Waals surface area contributed by atoms with Gasteiger partial charge in [0.15, 0.2) is 5.17 Å². The molecule has 1 aliphatic rings. The Morgan fingerprint density at radius 1 is 1.00 bits per heavy atom. The summed E-state index contributed by atoms with van der Waals surface area (Å²) in [6.45, 7) is 5.14. The Labute approximate surface area is 238 Å². The molecule has 0 unspecified atom stereocenters. The highest BCUT2D eigenvalue weighted by molar-refractivity contribution is 8.15. The first-order chi connectivity index (χ1) is 19.5. The van der Waals surface area contributed by atoms with Crippen molar-refractivity contribution in [3.05, 3.63) is 90.0 Å². The monoisotopic (exact) mass is 559 g/mol.